The van der Waals surface area contributed by atoms with E-state index in [2.05, 4.69) is 40.7 Å². The Morgan fingerprint density at radius 3 is 2.36 bits per heavy atom. The van der Waals surface area contributed by atoms with Crippen molar-refractivity contribution in [3.05, 3.63) is 87.7 Å². The lowest BCUT2D eigenvalue weighted by atomic mass is 10.1. The van der Waals surface area contributed by atoms with E-state index in [1.165, 1.54) is 4.90 Å². The summed E-state index contributed by atoms with van der Waals surface area (Å²) in [5, 5.41) is 5.63. The maximum atomic E-state index is 12.9. The number of furan rings is 1. The van der Waals surface area contributed by atoms with Gasteiger partial charge in [-0.25, -0.2) is 0 Å². The summed E-state index contributed by atoms with van der Waals surface area (Å²) in [5.41, 5.74) is 2.58. The van der Waals surface area contributed by atoms with Crippen molar-refractivity contribution in [2.75, 3.05) is 27.2 Å². The zero-order chi connectivity index (χ0) is 23.8. The topological polar surface area (TPSA) is 75.8 Å². The molecule has 3 rings (SSSR count). The molecule has 0 aliphatic rings. The van der Waals surface area contributed by atoms with Crippen molar-refractivity contribution < 1.29 is 18.9 Å². The third-order valence-corrected chi connectivity index (χ3v) is 5.52. The summed E-state index contributed by atoms with van der Waals surface area (Å²) in [6, 6.07) is 18.6. The maximum Gasteiger partial charge on any atom is 0.267 e. The Morgan fingerprint density at radius 1 is 1.00 bits per heavy atom. The molecule has 0 unspecified atom stereocenters. The van der Waals surface area contributed by atoms with Crippen LogP contribution in [-0.4, -0.2) is 39.0 Å². The maximum absolute atomic E-state index is 12.9. The molecule has 3 aromatic rings. The minimum atomic E-state index is -0.356. The molecule has 0 radical (unpaired) electrons. The van der Waals surface area contributed by atoms with Crippen LogP contribution >= 0.6 is 15.9 Å². The molecule has 0 atom stereocenters. The van der Waals surface area contributed by atoms with Crippen LogP contribution in [0, 0.1) is 6.92 Å². The number of quaternary nitrogens is 1. The van der Waals surface area contributed by atoms with Gasteiger partial charge in [0.25, 0.3) is 11.8 Å². The first kappa shape index (κ1) is 24.5. The molecule has 0 spiro atoms. The molecule has 0 bridgehead atoms. The average molecular weight is 511 g/mol. The number of rotatable bonds is 9. The molecule has 0 aliphatic carbocycles. The molecule has 1 aromatic heterocycles. The lowest BCUT2D eigenvalue weighted by Crippen LogP contribution is -3.05. The number of carbonyl (C=O) groups is 2. The number of hydrogen-bond donors (Lipinski definition) is 3. The Hall–Kier alpha value is -3.16. The van der Waals surface area contributed by atoms with E-state index in [1.807, 2.05) is 49.4 Å². The largest absolute Gasteiger partial charge is 0.457 e. The molecule has 3 N–H and O–H groups in total. The first-order valence-corrected chi connectivity index (χ1v) is 11.6. The van der Waals surface area contributed by atoms with E-state index in [0.717, 1.165) is 28.6 Å². The van der Waals surface area contributed by atoms with E-state index in [9.17, 15) is 9.59 Å². The summed E-state index contributed by atoms with van der Waals surface area (Å²) in [7, 11) is 4.13. The van der Waals surface area contributed by atoms with Crippen LogP contribution in [-0.2, 0) is 4.79 Å². The summed E-state index contributed by atoms with van der Waals surface area (Å²) in [5.74, 6) is 0.437. The average Bonchev–Trinajstić information content (AvgIpc) is 3.25. The SMILES string of the molecule is Cc1ccc(C(=O)N/C(=C/c2ccc(-c3ccc(Br)cc3)o2)C(=O)NCCC[NH+](C)C)cc1. The summed E-state index contributed by atoms with van der Waals surface area (Å²) >= 11 is 3.43. The Bertz CT molecular complexity index is 1120. The number of aryl methyl sites for hydroxylation is 1. The molecular formula is C26H29BrN3O3+. The number of benzene rings is 2. The molecule has 2 amide bonds. The fourth-order valence-electron chi connectivity index (χ4n) is 3.14. The van der Waals surface area contributed by atoms with E-state index < -0.39 is 0 Å². The predicted octanol–water partition coefficient (Wildman–Crippen LogP) is 3.44. The highest BCUT2D eigenvalue weighted by molar-refractivity contribution is 9.10. The molecule has 6 nitrogen and oxygen atoms in total. The molecule has 7 heteroatoms. The van der Waals surface area contributed by atoms with Crippen LogP contribution in [0.1, 0.15) is 28.1 Å². The van der Waals surface area contributed by atoms with Crippen LogP contribution in [0.4, 0.5) is 0 Å². The lowest BCUT2D eigenvalue weighted by Gasteiger charge is -2.12. The Balaban J connectivity index is 1.80. The summed E-state index contributed by atoms with van der Waals surface area (Å²) in [6.45, 7) is 3.41. The molecular weight excluding hydrogens is 482 g/mol. The number of hydrogen-bond acceptors (Lipinski definition) is 3. The van der Waals surface area contributed by atoms with Gasteiger partial charge in [0.1, 0.15) is 17.2 Å². The second kappa shape index (κ2) is 11.6. The summed E-state index contributed by atoms with van der Waals surface area (Å²) in [4.78, 5) is 27.0. The fraction of sp³-hybridized carbons (Fsp3) is 0.231. The van der Waals surface area contributed by atoms with Crippen molar-refractivity contribution in [3.63, 3.8) is 0 Å². The van der Waals surface area contributed by atoms with Crippen LogP contribution in [0.15, 0.2) is 75.3 Å². The van der Waals surface area contributed by atoms with Gasteiger partial charge >= 0.3 is 0 Å². The molecule has 1 heterocycles. The van der Waals surface area contributed by atoms with Gasteiger partial charge in [-0.05, 0) is 43.3 Å². The molecule has 0 fully saturated rings. The number of nitrogens with one attached hydrogen (secondary N) is 3. The Labute approximate surface area is 202 Å². The third-order valence-electron chi connectivity index (χ3n) is 4.99. The molecule has 0 saturated heterocycles. The highest BCUT2D eigenvalue weighted by Crippen LogP contribution is 2.25. The van der Waals surface area contributed by atoms with Crippen molar-refractivity contribution in [2.24, 2.45) is 0 Å². The van der Waals surface area contributed by atoms with Gasteiger partial charge in [-0.2, -0.15) is 0 Å². The van der Waals surface area contributed by atoms with Crippen LogP contribution < -0.4 is 15.5 Å². The van der Waals surface area contributed by atoms with Gasteiger partial charge in [-0.3, -0.25) is 9.59 Å². The van der Waals surface area contributed by atoms with Gasteiger partial charge in [0, 0.05) is 34.6 Å². The highest BCUT2D eigenvalue weighted by atomic mass is 79.9. The molecule has 2 aromatic carbocycles. The van der Waals surface area contributed by atoms with E-state index >= 15 is 0 Å². The first-order chi connectivity index (χ1) is 15.8. The number of carbonyl (C=O) groups excluding carboxylic acids is 2. The summed E-state index contributed by atoms with van der Waals surface area (Å²) in [6.07, 6.45) is 2.39. The van der Waals surface area contributed by atoms with Gasteiger partial charge in [0.2, 0.25) is 0 Å². The minimum absolute atomic E-state index is 0.134. The van der Waals surface area contributed by atoms with Gasteiger partial charge in [-0.15, -0.1) is 0 Å². The van der Waals surface area contributed by atoms with Crippen LogP contribution in [0.25, 0.3) is 17.4 Å². The van der Waals surface area contributed by atoms with Gasteiger partial charge in [-0.1, -0.05) is 45.8 Å². The zero-order valence-corrected chi connectivity index (χ0v) is 20.7. The van der Waals surface area contributed by atoms with Crippen molar-refractivity contribution >= 4 is 33.8 Å². The van der Waals surface area contributed by atoms with Crippen molar-refractivity contribution in [2.45, 2.75) is 13.3 Å². The second-order valence-electron chi connectivity index (χ2n) is 8.15. The smallest absolute Gasteiger partial charge is 0.267 e. The van der Waals surface area contributed by atoms with E-state index in [-0.39, 0.29) is 17.5 Å². The Morgan fingerprint density at radius 2 is 1.70 bits per heavy atom. The number of amides is 2. The van der Waals surface area contributed by atoms with Crippen LogP contribution in [0.2, 0.25) is 0 Å². The lowest BCUT2D eigenvalue weighted by molar-refractivity contribution is -0.858. The Kier molecular flexibility index (Phi) is 8.63. The standard InChI is InChI=1S/C26H28BrN3O3/c1-18-5-7-20(8-6-18)25(31)29-23(26(32)28-15-4-16-30(2)3)17-22-13-14-24(33-22)19-9-11-21(27)12-10-19/h5-14,17H,4,15-16H2,1-3H3,(H,28,32)(H,29,31)/p+1/b23-17+. The second-order valence-corrected chi connectivity index (χ2v) is 9.07. The molecule has 0 saturated carbocycles. The summed E-state index contributed by atoms with van der Waals surface area (Å²) < 4.78 is 6.90. The van der Waals surface area contributed by atoms with Crippen molar-refractivity contribution in [1.82, 2.24) is 10.6 Å². The normalized spacial score (nSPS) is 11.5. The first-order valence-electron chi connectivity index (χ1n) is 10.8. The van der Waals surface area contributed by atoms with Crippen LogP contribution in [0.5, 0.6) is 0 Å². The van der Waals surface area contributed by atoms with Crippen molar-refractivity contribution in [3.8, 4) is 11.3 Å². The van der Waals surface area contributed by atoms with Gasteiger partial charge in [0.05, 0.1) is 20.6 Å². The molecule has 33 heavy (non-hydrogen) atoms. The highest BCUT2D eigenvalue weighted by Gasteiger charge is 2.16. The quantitative estimate of drug-likeness (QED) is 0.305. The van der Waals surface area contributed by atoms with E-state index in [1.54, 1.807) is 24.3 Å². The number of halogens is 1. The van der Waals surface area contributed by atoms with E-state index in [0.29, 0.717) is 23.6 Å². The monoisotopic (exact) mass is 510 g/mol. The molecule has 172 valence electrons. The molecule has 0 aliphatic heterocycles. The van der Waals surface area contributed by atoms with Crippen LogP contribution in [0.3, 0.4) is 0 Å². The fourth-order valence-corrected chi connectivity index (χ4v) is 3.40. The van der Waals surface area contributed by atoms with Gasteiger partial charge < -0.3 is 20.0 Å². The minimum Gasteiger partial charge on any atom is -0.457 e. The predicted molar refractivity (Wildman–Crippen MR) is 134 cm³/mol. The zero-order valence-electron chi connectivity index (χ0n) is 19.1. The van der Waals surface area contributed by atoms with Crippen molar-refractivity contribution in [1.29, 1.82) is 0 Å². The third kappa shape index (κ3) is 7.44. The van der Waals surface area contributed by atoms with E-state index in [4.69, 9.17) is 4.42 Å². The van der Waals surface area contributed by atoms with Gasteiger partial charge in [0.15, 0.2) is 0 Å².